The van der Waals surface area contributed by atoms with Gasteiger partial charge in [0.25, 0.3) is 0 Å². The van der Waals surface area contributed by atoms with Crippen molar-refractivity contribution in [2.75, 3.05) is 0 Å². The summed E-state index contributed by atoms with van der Waals surface area (Å²) in [6.07, 6.45) is 3.91. The van der Waals surface area contributed by atoms with Crippen LogP contribution in [-0.4, -0.2) is 19.1 Å². The van der Waals surface area contributed by atoms with Gasteiger partial charge in [-0.2, -0.15) is 0 Å². The van der Waals surface area contributed by atoms with E-state index in [1.807, 2.05) is 12.7 Å². The summed E-state index contributed by atoms with van der Waals surface area (Å²) in [5.41, 5.74) is 7.44. The van der Waals surface area contributed by atoms with Gasteiger partial charge in [0.05, 0.1) is 34.7 Å². The molecule has 4 aromatic rings. The summed E-state index contributed by atoms with van der Waals surface area (Å²) in [5, 5.41) is 0. The SMILES string of the molecule is CC(C)(C)c1ccc2c(c1)ncn2CCn1cnc2ccc(C(C)(C)C)cc21. The van der Waals surface area contributed by atoms with Crippen LogP contribution in [0.1, 0.15) is 52.7 Å². The van der Waals surface area contributed by atoms with E-state index >= 15 is 0 Å². The molecule has 146 valence electrons. The largest absolute Gasteiger partial charge is 0.329 e. The third kappa shape index (κ3) is 3.44. The van der Waals surface area contributed by atoms with Crippen molar-refractivity contribution >= 4 is 22.1 Å². The van der Waals surface area contributed by atoms with E-state index in [0.717, 1.165) is 24.1 Å². The molecule has 0 radical (unpaired) electrons. The highest BCUT2D eigenvalue weighted by Crippen LogP contribution is 2.27. The first-order valence-electron chi connectivity index (χ1n) is 10.0. The fourth-order valence-corrected chi connectivity index (χ4v) is 3.63. The number of benzene rings is 2. The molecule has 4 nitrogen and oxygen atoms in total. The van der Waals surface area contributed by atoms with Gasteiger partial charge in [-0.3, -0.25) is 0 Å². The van der Waals surface area contributed by atoms with Gasteiger partial charge in [0.2, 0.25) is 0 Å². The van der Waals surface area contributed by atoms with Crippen LogP contribution in [0.2, 0.25) is 0 Å². The molecule has 28 heavy (non-hydrogen) atoms. The van der Waals surface area contributed by atoms with E-state index in [4.69, 9.17) is 0 Å². The van der Waals surface area contributed by atoms with Gasteiger partial charge in [0, 0.05) is 13.1 Å². The Morgan fingerprint density at radius 1 is 0.643 bits per heavy atom. The molecule has 0 spiro atoms. The van der Waals surface area contributed by atoms with Crippen LogP contribution in [0.15, 0.2) is 49.1 Å². The molecular formula is C24H30N4. The topological polar surface area (TPSA) is 35.6 Å². The lowest BCUT2D eigenvalue weighted by molar-refractivity contribution is 0.586. The first kappa shape index (κ1) is 18.7. The Labute approximate surface area is 167 Å². The van der Waals surface area contributed by atoms with Gasteiger partial charge in [-0.15, -0.1) is 0 Å². The molecule has 0 aliphatic carbocycles. The summed E-state index contributed by atoms with van der Waals surface area (Å²) in [6.45, 7) is 15.2. The monoisotopic (exact) mass is 374 g/mol. The predicted octanol–water partition coefficient (Wildman–Crippen LogP) is 5.68. The van der Waals surface area contributed by atoms with Crippen LogP contribution in [0.25, 0.3) is 22.1 Å². The highest BCUT2D eigenvalue weighted by atomic mass is 15.1. The maximum absolute atomic E-state index is 4.64. The van der Waals surface area contributed by atoms with E-state index in [-0.39, 0.29) is 10.8 Å². The summed E-state index contributed by atoms with van der Waals surface area (Å²) >= 11 is 0. The lowest BCUT2D eigenvalue weighted by atomic mass is 9.87. The molecule has 4 heteroatoms. The van der Waals surface area contributed by atoms with E-state index in [2.05, 4.69) is 97.0 Å². The molecule has 0 N–H and O–H groups in total. The second-order valence-electron chi connectivity index (χ2n) is 9.78. The fraction of sp³-hybridized carbons (Fsp3) is 0.417. The molecule has 0 aliphatic rings. The van der Waals surface area contributed by atoms with Crippen LogP contribution >= 0.6 is 0 Å². The zero-order valence-corrected chi connectivity index (χ0v) is 17.8. The minimum Gasteiger partial charge on any atom is -0.329 e. The number of rotatable bonds is 3. The van der Waals surface area contributed by atoms with Gasteiger partial charge in [0.15, 0.2) is 0 Å². The van der Waals surface area contributed by atoms with Gasteiger partial charge in [-0.25, -0.2) is 9.97 Å². The molecule has 2 heterocycles. The third-order valence-corrected chi connectivity index (χ3v) is 5.56. The van der Waals surface area contributed by atoms with Gasteiger partial charge in [-0.05, 0) is 46.2 Å². The van der Waals surface area contributed by atoms with Crippen molar-refractivity contribution in [1.82, 2.24) is 19.1 Å². The molecule has 0 atom stereocenters. The van der Waals surface area contributed by atoms with Crippen LogP contribution < -0.4 is 0 Å². The van der Waals surface area contributed by atoms with Gasteiger partial charge in [-0.1, -0.05) is 53.7 Å². The van der Waals surface area contributed by atoms with Crippen molar-refractivity contribution in [2.24, 2.45) is 0 Å². The summed E-state index contributed by atoms with van der Waals surface area (Å²) < 4.78 is 4.49. The lowest BCUT2D eigenvalue weighted by Gasteiger charge is -2.19. The normalized spacial score (nSPS) is 12.9. The molecule has 4 rings (SSSR count). The van der Waals surface area contributed by atoms with Crippen LogP contribution in [0, 0.1) is 0 Å². The molecule has 0 bridgehead atoms. The first-order chi connectivity index (χ1) is 13.1. The Bertz CT molecular complexity index is 1130. The molecule has 0 unspecified atom stereocenters. The smallest absolute Gasteiger partial charge is 0.0958 e. The Hall–Kier alpha value is -2.62. The van der Waals surface area contributed by atoms with E-state index in [0.29, 0.717) is 0 Å². The van der Waals surface area contributed by atoms with Crippen LogP contribution in [0.3, 0.4) is 0 Å². The third-order valence-electron chi connectivity index (χ3n) is 5.56. The minimum absolute atomic E-state index is 0.134. The van der Waals surface area contributed by atoms with E-state index < -0.39 is 0 Å². The van der Waals surface area contributed by atoms with Crippen LogP contribution in [0.4, 0.5) is 0 Å². The van der Waals surface area contributed by atoms with Crippen molar-refractivity contribution in [3.8, 4) is 0 Å². The van der Waals surface area contributed by atoms with Crippen molar-refractivity contribution in [2.45, 2.75) is 65.5 Å². The predicted molar refractivity (Wildman–Crippen MR) is 117 cm³/mol. The quantitative estimate of drug-likeness (QED) is 0.462. The molecule has 0 saturated heterocycles. The number of hydrogen-bond donors (Lipinski definition) is 0. The van der Waals surface area contributed by atoms with Crippen molar-refractivity contribution in [1.29, 1.82) is 0 Å². The maximum atomic E-state index is 4.64. The molecule has 2 aromatic heterocycles. The van der Waals surface area contributed by atoms with Gasteiger partial charge >= 0.3 is 0 Å². The van der Waals surface area contributed by atoms with Crippen molar-refractivity contribution in [3.05, 3.63) is 60.2 Å². The van der Waals surface area contributed by atoms with Crippen molar-refractivity contribution < 1.29 is 0 Å². The minimum atomic E-state index is 0.134. The molecular weight excluding hydrogens is 344 g/mol. The fourth-order valence-electron chi connectivity index (χ4n) is 3.63. The number of fused-ring (bicyclic) bond motifs is 2. The summed E-state index contributed by atoms with van der Waals surface area (Å²) in [7, 11) is 0. The summed E-state index contributed by atoms with van der Waals surface area (Å²) in [6, 6.07) is 13.2. The van der Waals surface area contributed by atoms with E-state index in [1.54, 1.807) is 0 Å². The Morgan fingerprint density at radius 3 is 1.82 bits per heavy atom. The molecule has 0 amide bonds. The zero-order valence-electron chi connectivity index (χ0n) is 17.8. The number of aryl methyl sites for hydroxylation is 2. The number of nitrogens with zero attached hydrogens (tertiary/aromatic N) is 4. The zero-order chi connectivity index (χ0) is 20.1. The summed E-state index contributed by atoms with van der Waals surface area (Å²) in [5.74, 6) is 0. The number of imidazole rings is 2. The Balaban J connectivity index is 1.61. The average molecular weight is 375 g/mol. The molecule has 2 aromatic carbocycles. The molecule has 0 fully saturated rings. The number of aromatic nitrogens is 4. The van der Waals surface area contributed by atoms with Gasteiger partial charge in [0.1, 0.15) is 0 Å². The molecule has 0 saturated carbocycles. The van der Waals surface area contributed by atoms with Gasteiger partial charge < -0.3 is 9.13 Å². The average Bonchev–Trinajstić information content (AvgIpc) is 3.21. The van der Waals surface area contributed by atoms with E-state index in [1.165, 1.54) is 22.2 Å². The van der Waals surface area contributed by atoms with E-state index in [9.17, 15) is 0 Å². The summed E-state index contributed by atoms with van der Waals surface area (Å²) in [4.78, 5) is 9.22. The Kier molecular flexibility index (Phi) is 4.33. The highest BCUT2D eigenvalue weighted by Gasteiger charge is 2.16. The highest BCUT2D eigenvalue weighted by molar-refractivity contribution is 5.77. The second-order valence-corrected chi connectivity index (χ2v) is 9.78. The standard InChI is InChI=1S/C24H30N4/c1-23(2,3)17-8-10-21-20(13-17)26-16-27(21)11-12-28-15-25-19-9-7-18(14-22(19)28)24(4,5)6/h7-10,13-16H,11-12H2,1-6H3. The Morgan fingerprint density at radius 2 is 1.18 bits per heavy atom. The lowest BCUT2D eigenvalue weighted by Crippen LogP contribution is -2.11. The van der Waals surface area contributed by atoms with Crippen molar-refractivity contribution in [3.63, 3.8) is 0 Å². The molecule has 0 aliphatic heterocycles. The maximum Gasteiger partial charge on any atom is 0.0958 e. The van der Waals surface area contributed by atoms with Crippen LogP contribution in [-0.2, 0) is 23.9 Å². The first-order valence-corrected chi connectivity index (χ1v) is 10.0. The second kappa shape index (κ2) is 6.47. The van der Waals surface area contributed by atoms with Crippen LogP contribution in [0.5, 0.6) is 0 Å². The number of hydrogen-bond acceptors (Lipinski definition) is 2.